The van der Waals surface area contributed by atoms with E-state index in [-0.39, 0.29) is 24.1 Å². The SMILES string of the molecule is Cc1ccc2[nH]c3c(c2c1)CN(C1CCC(=O)NC1=O)C3=O. The van der Waals surface area contributed by atoms with Gasteiger partial charge in [0.2, 0.25) is 11.8 Å². The highest BCUT2D eigenvalue weighted by Gasteiger charge is 2.40. The second-order valence-electron chi connectivity index (χ2n) is 5.93. The van der Waals surface area contributed by atoms with Crippen molar-refractivity contribution in [1.82, 2.24) is 15.2 Å². The van der Waals surface area contributed by atoms with Crippen LogP contribution in [0.2, 0.25) is 0 Å². The fourth-order valence-electron chi connectivity index (χ4n) is 3.33. The molecule has 3 heterocycles. The number of H-pyrrole nitrogens is 1. The molecular formula is C16H15N3O3. The lowest BCUT2D eigenvalue weighted by atomic mass is 10.0. The fraction of sp³-hybridized carbons (Fsp3) is 0.312. The lowest BCUT2D eigenvalue weighted by molar-refractivity contribution is -0.136. The number of nitrogens with one attached hydrogen (secondary N) is 2. The summed E-state index contributed by atoms with van der Waals surface area (Å²) in [5.41, 5.74) is 3.56. The third-order valence-corrected chi connectivity index (χ3v) is 4.45. The van der Waals surface area contributed by atoms with Gasteiger partial charge in [-0.15, -0.1) is 0 Å². The zero-order valence-electron chi connectivity index (χ0n) is 12.1. The number of aromatic amines is 1. The van der Waals surface area contributed by atoms with Gasteiger partial charge in [-0.3, -0.25) is 19.7 Å². The number of benzene rings is 1. The van der Waals surface area contributed by atoms with Crippen molar-refractivity contribution < 1.29 is 14.4 Å². The van der Waals surface area contributed by atoms with E-state index in [9.17, 15) is 14.4 Å². The predicted octanol–water partition coefficient (Wildman–Crippen LogP) is 1.24. The third-order valence-electron chi connectivity index (χ3n) is 4.45. The summed E-state index contributed by atoms with van der Waals surface area (Å²) >= 11 is 0. The molecule has 6 nitrogen and oxygen atoms in total. The molecule has 2 aliphatic rings. The van der Waals surface area contributed by atoms with E-state index in [1.807, 2.05) is 25.1 Å². The van der Waals surface area contributed by atoms with Crippen LogP contribution in [0.5, 0.6) is 0 Å². The van der Waals surface area contributed by atoms with Gasteiger partial charge in [0.15, 0.2) is 0 Å². The van der Waals surface area contributed by atoms with Gasteiger partial charge in [-0.2, -0.15) is 0 Å². The number of hydrogen-bond acceptors (Lipinski definition) is 3. The van der Waals surface area contributed by atoms with E-state index in [1.54, 1.807) is 4.90 Å². The van der Waals surface area contributed by atoms with E-state index in [0.29, 0.717) is 18.7 Å². The summed E-state index contributed by atoms with van der Waals surface area (Å²) in [5, 5.41) is 3.34. The molecule has 22 heavy (non-hydrogen) atoms. The van der Waals surface area contributed by atoms with Crippen LogP contribution >= 0.6 is 0 Å². The summed E-state index contributed by atoms with van der Waals surface area (Å²) in [6.07, 6.45) is 0.658. The normalized spacial score (nSPS) is 21.4. The van der Waals surface area contributed by atoms with Crippen molar-refractivity contribution >= 4 is 28.6 Å². The van der Waals surface area contributed by atoms with Crippen LogP contribution < -0.4 is 5.32 Å². The summed E-state index contributed by atoms with van der Waals surface area (Å²) in [6, 6.07) is 5.44. The summed E-state index contributed by atoms with van der Waals surface area (Å²) in [6.45, 7) is 2.41. The molecule has 0 saturated carbocycles. The Balaban J connectivity index is 1.71. The molecule has 1 fully saturated rings. The van der Waals surface area contributed by atoms with Gasteiger partial charge in [-0.05, 0) is 25.5 Å². The van der Waals surface area contributed by atoms with Crippen molar-refractivity contribution in [2.24, 2.45) is 0 Å². The molecule has 1 atom stereocenters. The maximum atomic E-state index is 12.6. The first-order valence-corrected chi connectivity index (χ1v) is 7.30. The number of carbonyl (C=O) groups excluding carboxylic acids is 3. The second kappa shape index (κ2) is 4.43. The van der Waals surface area contributed by atoms with Crippen molar-refractivity contribution in [3.8, 4) is 0 Å². The van der Waals surface area contributed by atoms with Crippen molar-refractivity contribution in [1.29, 1.82) is 0 Å². The zero-order valence-corrected chi connectivity index (χ0v) is 12.1. The molecule has 0 radical (unpaired) electrons. The number of imide groups is 1. The molecule has 112 valence electrons. The van der Waals surface area contributed by atoms with Crippen molar-refractivity contribution in [2.45, 2.75) is 32.4 Å². The van der Waals surface area contributed by atoms with E-state index < -0.39 is 6.04 Å². The predicted molar refractivity (Wildman–Crippen MR) is 79.1 cm³/mol. The number of aromatic nitrogens is 1. The standard InChI is InChI=1S/C16H15N3O3/c1-8-2-3-11-9(6-8)10-7-19(16(22)14(10)17-11)12-4-5-13(20)18-15(12)21/h2-3,6,12,17H,4-5,7H2,1H3,(H,18,20,21). The molecule has 0 aliphatic carbocycles. The van der Waals surface area contributed by atoms with E-state index in [4.69, 9.17) is 0 Å². The van der Waals surface area contributed by atoms with E-state index in [0.717, 1.165) is 22.0 Å². The average Bonchev–Trinajstić information content (AvgIpc) is 2.97. The summed E-state index contributed by atoms with van der Waals surface area (Å²) < 4.78 is 0. The molecule has 0 bridgehead atoms. The molecule has 1 saturated heterocycles. The number of carbonyl (C=O) groups is 3. The Hall–Kier alpha value is -2.63. The lowest BCUT2D eigenvalue weighted by Crippen LogP contribution is -2.52. The Bertz CT molecular complexity index is 837. The Morgan fingerprint density at radius 2 is 2.05 bits per heavy atom. The number of piperidine rings is 1. The third kappa shape index (κ3) is 1.76. The van der Waals surface area contributed by atoms with Crippen LogP contribution in [0, 0.1) is 6.92 Å². The molecule has 6 heteroatoms. The van der Waals surface area contributed by atoms with Crippen LogP contribution in [0.4, 0.5) is 0 Å². The molecule has 2 aromatic rings. The molecule has 2 N–H and O–H groups in total. The Kier molecular flexibility index (Phi) is 2.63. The molecule has 3 amide bonds. The minimum absolute atomic E-state index is 0.168. The number of rotatable bonds is 1. The number of aryl methyl sites for hydroxylation is 1. The number of fused-ring (bicyclic) bond motifs is 3. The highest BCUT2D eigenvalue weighted by molar-refractivity contribution is 6.07. The van der Waals surface area contributed by atoms with Gasteiger partial charge in [-0.1, -0.05) is 11.6 Å². The van der Waals surface area contributed by atoms with Gasteiger partial charge >= 0.3 is 0 Å². The summed E-state index contributed by atoms with van der Waals surface area (Å²) in [7, 11) is 0. The van der Waals surface area contributed by atoms with Gasteiger partial charge in [0, 0.05) is 29.4 Å². The minimum Gasteiger partial charge on any atom is -0.350 e. The number of amides is 3. The molecule has 1 aromatic heterocycles. The van der Waals surface area contributed by atoms with Crippen LogP contribution in [0.3, 0.4) is 0 Å². The molecular weight excluding hydrogens is 282 g/mol. The fourth-order valence-corrected chi connectivity index (χ4v) is 3.33. The highest BCUT2D eigenvalue weighted by Crippen LogP contribution is 2.33. The monoisotopic (exact) mass is 297 g/mol. The van der Waals surface area contributed by atoms with Gasteiger partial charge < -0.3 is 9.88 Å². The molecule has 0 spiro atoms. The van der Waals surface area contributed by atoms with E-state index in [1.165, 1.54) is 0 Å². The number of hydrogen-bond donors (Lipinski definition) is 2. The molecule has 1 unspecified atom stereocenters. The van der Waals surface area contributed by atoms with Gasteiger partial charge in [-0.25, -0.2) is 0 Å². The van der Waals surface area contributed by atoms with Gasteiger partial charge in [0.1, 0.15) is 11.7 Å². The Labute approximate surface area is 126 Å². The van der Waals surface area contributed by atoms with Crippen molar-refractivity contribution in [3.63, 3.8) is 0 Å². The van der Waals surface area contributed by atoms with Crippen LogP contribution in [0.15, 0.2) is 18.2 Å². The highest BCUT2D eigenvalue weighted by atomic mass is 16.2. The molecule has 2 aliphatic heterocycles. The van der Waals surface area contributed by atoms with E-state index in [2.05, 4.69) is 10.3 Å². The topological polar surface area (TPSA) is 82.3 Å². The summed E-state index contributed by atoms with van der Waals surface area (Å²) in [5.74, 6) is -0.818. The van der Waals surface area contributed by atoms with Crippen LogP contribution in [-0.2, 0) is 16.1 Å². The molecule has 1 aromatic carbocycles. The smallest absolute Gasteiger partial charge is 0.271 e. The van der Waals surface area contributed by atoms with Crippen molar-refractivity contribution in [3.05, 3.63) is 35.0 Å². The van der Waals surface area contributed by atoms with Crippen LogP contribution in [-0.4, -0.2) is 33.6 Å². The lowest BCUT2D eigenvalue weighted by Gasteiger charge is -2.29. The minimum atomic E-state index is -0.564. The van der Waals surface area contributed by atoms with Crippen molar-refractivity contribution in [2.75, 3.05) is 0 Å². The van der Waals surface area contributed by atoms with Gasteiger partial charge in [0.05, 0.1) is 0 Å². The Morgan fingerprint density at radius 3 is 2.82 bits per heavy atom. The first kappa shape index (κ1) is 13.1. The molecule has 4 rings (SSSR count). The van der Waals surface area contributed by atoms with Gasteiger partial charge in [0.25, 0.3) is 5.91 Å². The maximum Gasteiger partial charge on any atom is 0.271 e. The number of nitrogens with zero attached hydrogens (tertiary/aromatic N) is 1. The Morgan fingerprint density at radius 1 is 1.23 bits per heavy atom. The quantitative estimate of drug-likeness (QED) is 0.777. The largest absolute Gasteiger partial charge is 0.350 e. The average molecular weight is 297 g/mol. The second-order valence-corrected chi connectivity index (χ2v) is 5.93. The summed E-state index contributed by atoms with van der Waals surface area (Å²) in [4.78, 5) is 40.6. The zero-order chi connectivity index (χ0) is 15.4. The maximum absolute atomic E-state index is 12.6. The van der Waals surface area contributed by atoms with Crippen LogP contribution in [0.1, 0.15) is 34.5 Å². The van der Waals surface area contributed by atoms with E-state index >= 15 is 0 Å². The first-order chi connectivity index (χ1) is 10.5. The first-order valence-electron chi connectivity index (χ1n) is 7.30. The van der Waals surface area contributed by atoms with Crippen LogP contribution in [0.25, 0.3) is 10.9 Å².